The molecule has 0 spiro atoms. The first-order valence-electron chi connectivity index (χ1n) is 13.2. The van der Waals surface area contributed by atoms with Gasteiger partial charge in [-0.3, -0.25) is 9.78 Å². The Labute approximate surface area is 219 Å². The Bertz CT molecular complexity index is 1150. The number of nitrogens with one attached hydrogen (secondary N) is 1. The highest BCUT2D eigenvalue weighted by Crippen LogP contribution is 2.43. The number of aromatic nitrogens is 1. The fourth-order valence-corrected chi connectivity index (χ4v) is 6.31. The standard InChI is InChI=1S/C31H35N3OS/c35-30(14-13-24-8-7-17-32-22-24)33-18-5-6-19-34-20-15-25(16-21-34)31-27-10-2-1-9-26(27)23-36-29-12-4-3-11-28(29)31/h1-4,7-12,17,22H,5-6,13-16,18-21,23H2,(H,33,35). The molecule has 3 heterocycles. The molecular weight excluding hydrogens is 462 g/mol. The summed E-state index contributed by atoms with van der Waals surface area (Å²) >= 11 is 1.96. The molecule has 0 unspecified atom stereocenters. The summed E-state index contributed by atoms with van der Waals surface area (Å²) < 4.78 is 0. The van der Waals surface area contributed by atoms with Gasteiger partial charge >= 0.3 is 0 Å². The first-order chi connectivity index (χ1) is 17.8. The van der Waals surface area contributed by atoms with Crippen LogP contribution in [0.25, 0.3) is 5.57 Å². The van der Waals surface area contributed by atoms with Crippen molar-refractivity contribution in [1.29, 1.82) is 0 Å². The number of fused-ring (bicyclic) bond motifs is 2. The molecule has 1 saturated heterocycles. The van der Waals surface area contributed by atoms with Gasteiger partial charge in [0.25, 0.3) is 0 Å². The highest BCUT2D eigenvalue weighted by molar-refractivity contribution is 7.98. The second-order valence-electron chi connectivity index (χ2n) is 9.68. The van der Waals surface area contributed by atoms with Crippen molar-refractivity contribution in [3.63, 3.8) is 0 Å². The Kier molecular flexibility index (Phi) is 8.52. The summed E-state index contributed by atoms with van der Waals surface area (Å²) in [6.07, 6.45) is 9.29. The number of amides is 1. The third-order valence-corrected chi connectivity index (χ3v) is 8.35. The molecule has 2 aliphatic heterocycles. The molecule has 2 aliphatic rings. The fraction of sp³-hybridized carbons (Fsp3) is 0.355. The van der Waals surface area contributed by atoms with Gasteiger partial charge in [-0.2, -0.15) is 0 Å². The molecule has 1 aromatic heterocycles. The lowest BCUT2D eigenvalue weighted by atomic mass is 9.86. The highest BCUT2D eigenvalue weighted by Gasteiger charge is 2.23. The van der Waals surface area contributed by atoms with Crippen molar-refractivity contribution in [3.8, 4) is 0 Å². The topological polar surface area (TPSA) is 45.2 Å². The van der Waals surface area contributed by atoms with Crippen LogP contribution in [0.5, 0.6) is 0 Å². The maximum absolute atomic E-state index is 12.1. The van der Waals surface area contributed by atoms with E-state index >= 15 is 0 Å². The number of hydrogen-bond donors (Lipinski definition) is 1. The molecule has 0 bridgehead atoms. The lowest BCUT2D eigenvalue weighted by Gasteiger charge is -2.30. The molecule has 0 aliphatic carbocycles. The van der Waals surface area contributed by atoms with E-state index in [-0.39, 0.29) is 5.91 Å². The lowest BCUT2D eigenvalue weighted by molar-refractivity contribution is -0.121. The minimum absolute atomic E-state index is 0.134. The lowest BCUT2D eigenvalue weighted by Crippen LogP contribution is -2.32. The molecule has 0 atom stereocenters. The van der Waals surface area contributed by atoms with E-state index in [0.717, 1.165) is 69.6 Å². The van der Waals surface area contributed by atoms with Crippen molar-refractivity contribution in [3.05, 3.63) is 101 Å². The van der Waals surface area contributed by atoms with Crippen LogP contribution in [0, 0.1) is 0 Å². The Balaban J connectivity index is 1.10. The first-order valence-corrected chi connectivity index (χ1v) is 14.2. The number of likely N-dealkylation sites (tertiary alicyclic amines) is 1. The maximum atomic E-state index is 12.1. The van der Waals surface area contributed by atoms with Crippen LogP contribution in [-0.2, 0) is 17.0 Å². The van der Waals surface area contributed by atoms with Gasteiger partial charge in [0.1, 0.15) is 0 Å². The Morgan fingerprint density at radius 2 is 1.75 bits per heavy atom. The number of thioether (sulfide) groups is 1. The minimum atomic E-state index is 0.134. The predicted octanol–water partition coefficient (Wildman–Crippen LogP) is 6.11. The molecule has 1 fully saturated rings. The van der Waals surface area contributed by atoms with Crippen LogP contribution in [0.2, 0.25) is 0 Å². The zero-order valence-corrected chi connectivity index (χ0v) is 21.7. The van der Waals surface area contributed by atoms with Crippen molar-refractivity contribution in [2.75, 3.05) is 26.2 Å². The summed E-state index contributed by atoms with van der Waals surface area (Å²) in [7, 11) is 0. The summed E-state index contributed by atoms with van der Waals surface area (Å²) in [6.45, 7) is 4.11. The average Bonchev–Trinajstić information content (AvgIpc) is 3.10. The van der Waals surface area contributed by atoms with Crippen molar-refractivity contribution in [2.24, 2.45) is 0 Å². The maximum Gasteiger partial charge on any atom is 0.220 e. The average molecular weight is 498 g/mol. The van der Waals surface area contributed by atoms with Crippen molar-refractivity contribution in [1.82, 2.24) is 15.2 Å². The van der Waals surface area contributed by atoms with Crippen LogP contribution in [0.3, 0.4) is 0 Å². The number of nitrogens with zero attached hydrogens (tertiary/aromatic N) is 2. The molecule has 5 rings (SSSR count). The van der Waals surface area contributed by atoms with E-state index < -0.39 is 0 Å². The molecule has 2 aromatic carbocycles. The predicted molar refractivity (Wildman–Crippen MR) is 149 cm³/mol. The normalized spacial score (nSPS) is 15.7. The van der Waals surface area contributed by atoms with E-state index in [2.05, 4.69) is 63.7 Å². The first kappa shape index (κ1) is 24.8. The zero-order valence-electron chi connectivity index (χ0n) is 20.9. The van der Waals surface area contributed by atoms with Crippen molar-refractivity contribution in [2.45, 2.75) is 49.2 Å². The van der Waals surface area contributed by atoms with E-state index in [0.29, 0.717) is 6.42 Å². The SMILES string of the molecule is O=C(CCc1cccnc1)NCCCCN1CCC(=C2c3ccccc3CSc3ccccc32)CC1. The van der Waals surface area contributed by atoms with E-state index in [1.807, 2.05) is 30.1 Å². The number of aryl methyl sites for hydroxylation is 1. The fourth-order valence-electron chi connectivity index (χ4n) is 5.25. The second-order valence-corrected chi connectivity index (χ2v) is 10.7. The van der Waals surface area contributed by atoms with Crippen LogP contribution < -0.4 is 5.32 Å². The van der Waals surface area contributed by atoms with Gasteiger partial charge < -0.3 is 10.2 Å². The van der Waals surface area contributed by atoms with E-state index in [1.54, 1.807) is 11.8 Å². The highest BCUT2D eigenvalue weighted by atomic mass is 32.2. The number of carbonyl (C=O) groups is 1. The minimum Gasteiger partial charge on any atom is -0.356 e. The monoisotopic (exact) mass is 497 g/mol. The number of rotatable bonds is 8. The molecule has 0 radical (unpaired) electrons. The van der Waals surface area contributed by atoms with Gasteiger partial charge in [-0.1, -0.05) is 54.1 Å². The van der Waals surface area contributed by atoms with Gasteiger partial charge in [-0.25, -0.2) is 0 Å². The molecule has 1 N–H and O–H groups in total. The molecular formula is C31H35N3OS. The van der Waals surface area contributed by atoms with Crippen LogP contribution in [0.1, 0.15) is 54.4 Å². The molecule has 36 heavy (non-hydrogen) atoms. The van der Waals surface area contributed by atoms with Crippen molar-refractivity contribution >= 4 is 23.2 Å². The molecule has 0 saturated carbocycles. The molecule has 1 amide bonds. The van der Waals surface area contributed by atoms with Gasteiger partial charge in [0, 0.05) is 49.1 Å². The smallest absolute Gasteiger partial charge is 0.220 e. The van der Waals surface area contributed by atoms with Crippen LogP contribution >= 0.6 is 11.8 Å². The van der Waals surface area contributed by atoms with Crippen LogP contribution in [-0.4, -0.2) is 42.0 Å². The van der Waals surface area contributed by atoms with Gasteiger partial charge in [-0.05, 0) is 78.6 Å². The molecule has 5 heteroatoms. The number of hydrogen-bond acceptors (Lipinski definition) is 4. The largest absolute Gasteiger partial charge is 0.356 e. The van der Waals surface area contributed by atoms with Gasteiger partial charge in [0.2, 0.25) is 5.91 Å². The number of carbonyl (C=O) groups excluding carboxylic acids is 1. The van der Waals surface area contributed by atoms with Gasteiger partial charge in [-0.15, -0.1) is 11.8 Å². The Hall–Kier alpha value is -2.89. The Morgan fingerprint density at radius 1 is 0.944 bits per heavy atom. The summed E-state index contributed by atoms with van der Waals surface area (Å²) in [4.78, 5) is 20.2. The number of piperidine rings is 1. The van der Waals surface area contributed by atoms with Crippen LogP contribution in [0.4, 0.5) is 0 Å². The summed E-state index contributed by atoms with van der Waals surface area (Å²) in [5, 5.41) is 3.08. The van der Waals surface area contributed by atoms with Gasteiger partial charge in [0.15, 0.2) is 0 Å². The summed E-state index contributed by atoms with van der Waals surface area (Å²) in [5.74, 6) is 1.17. The quantitative estimate of drug-likeness (QED) is 0.381. The number of unbranched alkanes of at least 4 members (excludes halogenated alkanes) is 1. The third kappa shape index (κ3) is 6.26. The summed E-state index contributed by atoms with van der Waals surface area (Å²) in [5.41, 5.74) is 8.50. The van der Waals surface area contributed by atoms with Crippen LogP contribution in [0.15, 0.2) is 83.5 Å². The third-order valence-electron chi connectivity index (χ3n) is 7.23. The van der Waals surface area contributed by atoms with E-state index in [9.17, 15) is 4.79 Å². The zero-order chi connectivity index (χ0) is 24.6. The second kappa shape index (κ2) is 12.4. The van der Waals surface area contributed by atoms with E-state index in [4.69, 9.17) is 0 Å². The Morgan fingerprint density at radius 3 is 2.58 bits per heavy atom. The number of benzene rings is 2. The molecule has 4 nitrogen and oxygen atoms in total. The van der Waals surface area contributed by atoms with E-state index in [1.165, 1.54) is 27.2 Å². The van der Waals surface area contributed by atoms with Crippen molar-refractivity contribution < 1.29 is 4.79 Å². The van der Waals surface area contributed by atoms with Gasteiger partial charge in [0.05, 0.1) is 0 Å². The summed E-state index contributed by atoms with van der Waals surface area (Å²) in [6, 6.07) is 21.8. The molecule has 3 aromatic rings. The number of pyridine rings is 1. The molecule has 186 valence electrons.